The average Bonchev–Trinajstić information content (AvgIpc) is 2.83. The second-order valence-corrected chi connectivity index (χ2v) is 8.81. The molecule has 0 N–H and O–H groups in total. The van der Waals surface area contributed by atoms with Crippen LogP contribution in [-0.2, 0) is 0 Å². The van der Waals surface area contributed by atoms with Crippen molar-refractivity contribution in [1.82, 2.24) is 9.66 Å². The van der Waals surface area contributed by atoms with Gasteiger partial charge in [0.15, 0.2) is 11.5 Å². The third kappa shape index (κ3) is 5.38. The van der Waals surface area contributed by atoms with E-state index in [9.17, 15) is 4.79 Å². The van der Waals surface area contributed by atoms with E-state index >= 15 is 0 Å². The number of fused-ring (bicyclic) bond motifs is 1. The van der Waals surface area contributed by atoms with Crippen LogP contribution in [0.2, 0.25) is 0 Å². The van der Waals surface area contributed by atoms with Crippen molar-refractivity contribution in [2.24, 2.45) is 5.10 Å². The summed E-state index contributed by atoms with van der Waals surface area (Å²) in [6, 6.07) is 9.10. The number of methoxy groups -OCH3 is 2. The predicted octanol–water partition coefficient (Wildman–Crippen LogP) is 5.75. The standard InChI is InChI=1S/C25H30BrN3O4/c1-7-15(3)24-28-20-10-9-18(26)13-19(20)25(30)29(24)27-14-17-11-21(31-5)23(22(12-17)32-6)33-16(4)8-2/h9-16H,7-8H2,1-6H3/t15-,16-/m0/s1. The first-order valence-electron chi connectivity index (χ1n) is 11.0. The van der Waals surface area contributed by atoms with E-state index in [1.807, 2.05) is 45.0 Å². The van der Waals surface area contributed by atoms with Gasteiger partial charge in [0.05, 0.1) is 37.4 Å². The number of ether oxygens (including phenoxy) is 3. The SMILES string of the molecule is CC[C@H](C)Oc1c(OC)cc(C=Nn2c([C@@H](C)CC)nc3ccc(Br)cc3c2=O)cc1OC. The molecule has 0 spiro atoms. The van der Waals surface area contributed by atoms with Gasteiger partial charge in [-0.3, -0.25) is 4.79 Å². The first-order chi connectivity index (χ1) is 15.8. The van der Waals surface area contributed by atoms with Gasteiger partial charge in [-0.05, 0) is 50.1 Å². The highest BCUT2D eigenvalue weighted by Crippen LogP contribution is 2.39. The highest BCUT2D eigenvalue weighted by molar-refractivity contribution is 9.10. The number of hydrogen-bond acceptors (Lipinski definition) is 6. The largest absolute Gasteiger partial charge is 0.493 e. The maximum atomic E-state index is 13.3. The molecule has 0 unspecified atom stereocenters. The van der Waals surface area contributed by atoms with E-state index in [1.54, 1.807) is 26.5 Å². The molecule has 1 aromatic heterocycles. The van der Waals surface area contributed by atoms with Crippen LogP contribution >= 0.6 is 15.9 Å². The van der Waals surface area contributed by atoms with Crippen molar-refractivity contribution in [1.29, 1.82) is 0 Å². The van der Waals surface area contributed by atoms with E-state index in [0.717, 1.165) is 17.3 Å². The van der Waals surface area contributed by atoms with Crippen LogP contribution in [0.25, 0.3) is 10.9 Å². The van der Waals surface area contributed by atoms with Crippen molar-refractivity contribution in [2.75, 3.05) is 14.2 Å². The third-order valence-electron chi connectivity index (χ3n) is 5.59. The Morgan fingerprint density at radius 1 is 1.09 bits per heavy atom. The van der Waals surface area contributed by atoms with E-state index < -0.39 is 0 Å². The summed E-state index contributed by atoms with van der Waals surface area (Å²) in [6.45, 7) is 8.13. The third-order valence-corrected chi connectivity index (χ3v) is 6.08. The van der Waals surface area contributed by atoms with Gasteiger partial charge in [-0.15, -0.1) is 0 Å². The van der Waals surface area contributed by atoms with Gasteiger partial charge < -0.3 is 14.2 Å². The zero-order valence-electron chi connectivity index (χ0n) is 19.9. The fourth-order valence-electron chi connectivity index (χ4n) is 3.28. The molecule has 0 fully saturated rings. The molecule has 0 aliphatic heterocycles. The first-order valence-corrected chi connectivity index (χ1v) is 11.8. The molecule has 33 heavy (non-hydrogen) atoms. The maximum absolute atomic E-state index is 13.3. The molecule has 2 aromatic carbocycles. The van der Waals surface area contributed by atoms with Gasteiger partial charge in [0.25, 0.3) is 5.56 Å². The summed E-state index contributed by atoms with van der Waals surface area (Å²) in [4.78, 5) is 18.1. The molecule has 0 saturated carbocycles. The van der Waals surface area contributed by atoms with E-state index in [0.29, 0.717) is 39.5 Å². The van der Waals surface area contributed by atoms with Gasteiger partial charge in [0.2, 0.25) is 5.75 Å². The molecule has 1 heterocycles. The lowest BCUT2D eigenvalue weighted by molar-refractivity contribution is 0.198. The number of hydrogen-bond donors (Lipinski definition) is 0. The molecule has 0 aliphatic carbocycles. The minimum absolute atomic E-state index is 0.00646. The molecule has 176 valence electrons. The minimum Gasteiger partial charge on any atom is -0.493 e. The van der Waals surface area contributed by atoms with Crippen molar-refractivity contribution in [3.8, 4) is 17.2 Å². The molecular formula is C25H30BrN3O4. The van der Waals surface area contributed by atoms with Crippen LogP contribution in [-0.4, -0.2) is 36.2 Å². The lowest BCUT2D eigenvalue weighted by Gasteiger charge is -2.18. The van der Waals surface area contributed by atoms with Gasteiger partial charge in [-0.2, -0.15) is 9.78 Å². The monoisotopic (exact) mass is 515 g/mol. The van der Waals surface area contributed by atoms with Crippen LogP contribution < -0.4 is 19.8 Å². The Bertz CT molecular complexity index is 1200. The van der Waals surface area contributed by atoms with Gasteiger partial charge in [0, 0.05) is 16.0 Å². The van der Waals surface area contributed by atoms with Gasteiger partial charge in [-0.25, -0.2) is 4.98 Å². The number of rotatable bonds is 9. The molecule has 0 aliphatic rings. The number of nitrogens with zero attached hydrogens (tertiary/aromatic N) is 3. The first kappa shape index (κ1) is 24.8. The molecule has 3 aromatic rings. The van der Waals surface area contributed by atoms with Crippen LogP contribution in [0.5, 0.6) is 17.2 Å². The van der Waals surface area contributed by atoms with Gasteiger partial charge in [0.1, 0.15) is 5.82 Å². The highest BCUT2D eigenvalue weighted by atomic mass is 79.9. The van der Waals surface area contributed by atoms with Crippen molar-refractivity contribution < 1.29 is 14.2 Å². The molecule has 0 saturated heterocycles. The summed E-state index contributed by atoms with van der Waals surface area (Å²) in [6.07, 6.45) is 3.29. The second kappa shape index (κ2) is 10.8. The molecule has 7 nitrogen and oxygen atoms in total. The normalized spacial score (nSPS) is 13.3. The topological polar surface area (TPSA) is 74.9 Å². The molecular weight excluding hydrogens is 486 g/mol. The number of benzene rings is 2. The lowest BCUT2D eigenvalue weighted by atomic mass is 10.1. The fraction of sp³-hybridized carbons (Fsp3) is 0.400. The van der Waals surface area contributed by atoms with E-state index in [1.165, 1.54) is 4.68 Å². The smallest absolute Gasteiger partial charge is 0.282 e. The Kier molecular flexibility index (Phi) is 8.13. The van der Waals surface area contributed by atoms with Gasteiger partial charge >= 0.3 is 0 Å². The molecule has 8 heteroatoms. The zero-order valence-corrected chi connectivity index (χ0v) is 21.5. The Morgan fingerprint density at radius 3 is 2.33 bits per heavy atom. The van der Waals surface area contributed by atoms with Crippen LogP contribution in [0.15, 0.2) is 44.7 Å². The second-order valence-electron chi connectivity index (χ2n) is 7.89. The Labute approximate surface area is 202 Å². The summed E-state index contributed by atoms with van der Waals surface area (Å²) in [5.41, 5.74) is 1.14. The Balaban J connectivity index is 2.13. The average molecular weight is 516 g/mol. The number of aromatic nitrogens is 2. The molecule has 0 amide bonds. The van der Waals surface area contributed by atoms with E-state index in [2.05, 4.69) is 28.0 Å². The quantitative estimate of drug-likeness (QED) is 0.339. The van der Waals surface area contributed by atoms with Gasteiger partial charge in [-0.1, -0.05) is 36.7 Å². The molecule has 0 radical (unpaired) electrons. The van der Waals surface area contributed by atoms with Crippen LogP contribution in [0.4, 0.5) is 0 Å². The Morgan fingerprint density at radius 2 is 1.76 bits per heavy atom. The fourth-order valence-corrected chi connectivity index (χ4v) is 3.64. The summed E-state index contributed by atoms with van der Waals surface area (Å²) in [5.74, 6) is 2.28. The zero-order chi connectivity index (χ0) is 24.1. The summed E-state index contributed by atoms with van der Waals surface area (Å²) < 4.78 is 19.3. The van der Waals surface area contributed by atoms with E-state index in [-0.39, 0.29) is 17.6 Å². The number of halogens is 1. The van der Waals surface area contributed by atoms with Crippen LogP contribution in [0.3, 0.4) is 0 Å². The van der Waals surface area contributed by atoms with Crippen molar-refractivity contribution in [3.05, 3.63) is 56.5 Å². The predicted molar refractivity (Wildman–Crippen MR) is 135 cm³/mol. The minimum atomic E-state index is -0.219. The summed E-state index contributed by atoms with van der Waals surface area (Å²) >= 11 is 3.43. The lowest BCUT2D eigenvalue weighted by Crippen LogP contribution is -2.23. The van der Waals surface area contributed by atoms with E-state index in [4.69, 9.17) is 19.2 Å². The summed E-state index contributed by atoms with van der Waals surface area (Å²) in [7, 11) is 3.16. The highest BCUT2D eigenvalue weighted by Gasteiger charge is 2.18. The molecule has 0 bridgehead atoms. The maximum Gasteiger partial charge on any atom is 0.282 e. The molecule has 3 rings (SSSR count). The van der Waals surface area contributed by atoms with Crippen LogP contribution in [0.1, 0.15) is 57.8 Å². The molecule has 2 atom stereocenters. The summed E-state index contributed by atoms with van der Waals surface area (Å²) in [5, 5.41) is 5.03. The van der Waals surface area contributed by atoms with Crippen LogP contribution in [0, 0.1) is 0 Å². The van der Waals surface area contributed by atoms with Crippen molar-refractivity contribution >= 4 is 33.0 Å². The van der Waals surface area contributed by atoms with Crippen molar-refractivity contribution in [3.63, 3.8) is 0 Å². The Hall–Kier alpha value is -2.87. The van der Waals surface area contributed by atoms with Crippen molar-refractivity contribution in [2.45, 2.75) is 52.6 Å².